The highest BCUT2D eigenvalue weighted by molar-refractivity contribution is 5.93. The first-order chi connectivity index (χ1) is 9.23. The quantitative estimate of drug-likeness (QED) is 0.619. The van der Waals surface area contributed by atoms with Crippen molar-refractivity contribution in [3.63, 3.8) is 0 Å². The predicted octanol–water partition coefficient (Wildman–Crippen LogP) is -0.436. The van der Waals surface area contributed by atoms with E-state index < -0.39 is 23.2 Å². The highest BCUT2D eigenvalue weighted by Crippen LogP contribution is 2.58. The normalized spacial score (nSPS) is 23.0. The van der Waals surface area contributed by atoms with Crippen molar-refractivity contribution in [3.05, 3.63) is 0 Å². The highest BCUT2D eigenvalue weighted by Gasteiger charge is 2.66. The number of hydrogen-bond donors (Lipinski definition) is 2. The lowest BCUT2D eigenvalue weighted by molar-refractivity contribution is -0.142. The number of hydrogen-bond acceptors (Lipinski definition) is 4. The number of nitrogens with zero attached hydrogens (tertiary/aromatic N) is 1. The van der Waals surface area contributed by atoms with Crippen molar-refractivity contribution in [2.24, 2.45) is 17.3 Å². The van der Waals surface area contributed by atoms with Crippen LogP contribution in [0.15, 0.2) is 0 Å². The molecule has 20 heavy (non-hydrogen) atoms. The molecule has 0 aromatic carbocycles. The maximum Gasteiger partial charge on any atom is 0.307 e. The number of likely N-dealkylation sites (N-methyl/N-ethyl adjacent to an activating group) is 1. The lowest BCUT2D eigenvalue weighted by Gasteiger charge is -2.17. The zero-order chi connectivity index (χ0) is 15.5. The molecule has 0 aliphatic heterocycles. The Bertz CT molecular complexity index is 408. The van der Waals surface area contributed by atoms with E-state index >= 15 is 0 Å². The molecule has 0 saturated heterocycles. The molecule has 2 amide bonds. The Hall–Kier alpha value is -1.63. The number of rotatable bonds is 7. The van der Waals surface area contributed by atoms with Crippen molar-refractivity contribution < 1.29 is 24.2 Å². The number of carbonyl (C=O) groups is 3. The molecule has 0 radical (unpaired) electrons. The van der Waals surface area contributed by atoms with Gasteiger partial charge in [-0.25, -0.2) is 0 Å². The average molecular weight is 286 g/mol. The van der Waals surface area contributed by atoms with Crippen molar-refractivity contribution in [1.82, 2.24) is 10.2 Å². The Morgan fingerprint density at radius 3 is 2.35 bits per heavy atom. The highest BCUT2D eigenvalue weighted by atomic mass is 16.5. The van der Waals surface area contributed by atoms with Crippen LogP contribution in [0.25, 0.3) is 0 Å². The maximum absolute atomic E-state index is 12.2. The van der Waals surface area contributed by atoms with Gasteiger partial charge in [0.15, 0.2) is 0 Å². The fourth-order valence-electron chi connectivity index (χ4n) is 2.44. The minimum atomic E-state index is -0.966. The number of carboxylic acid groups (broad SMARTS) is 1. The van der Waals surface area contributed by atoms with Crippen LogP contribution >= 0.6 is 0 Å². The molecule has 0 heterocycles. The standard InChI is InChI=1S/C13H22N2O5/c1-13(2)9(10(13)12(18)19)11(17)15(3)7-8(16)14-5-6-20-4/h9-10H,5-7H2,1-4H3,(H,14,16)(H,18,19). The molecule has 1 fully saturated rings. The zero-order valence-corrected chi connectivity index (χ0v) is 12.3. The average Bonchev–Trinajstić information content (AvgIpc) is 2.91. The third-order valence-electron chi connectivity index (χ3n) is 3.74. The molecular weight excluding hydrogens is 264 g/mol. The Balaban J connectivity index is 2.48. The summed E-state index contributed by atoms with van der Waals surface area (Å²) >= 11 is 0. The van der Waals surface area contributed by atoms with Gasteiger partial charge < -0.3 is 20.1 Å². The summed E-state index contributed by atoms with van der Waals surface area (Å²) in [5.74, 6) is -2.79. The summed E-state index contributed by atoms with van der Waals surface area (Å²) < 4.78 is 4.80. The number of carboxylic acids is 1. The molecule has 7 heteroatoms. The van der Waals surface area contributed by atoms with Crippen LogP contribution < -0.4 is 5.32 Å². The van der Waals surface area contributed by atoms with Gasteiger partial charge in [0.25, 0.3) is 0 Å². The smallest absolute Gasteiger partial charge is 0.307 e. The molecule has 1 aliphatic rings. The van der Waals surface area contributed by atoms with Crippen molar-refractivity contribution in [2.45, 2.75) is 13.8 Å². The predicted molar refractivity (Wildman–Crippen MR) is 70.9 cm³/mol. The SMILES string of the molecule is COCCNC(=O)CN(C)C(=O)C1C(C(=O)O)C1(C)C. The molecule has 2 N–H and O–H groups in total. The molecule has 1 aliphatic carbocycles. The third-order valence-corrected chi connectivity index (χ3v) is 3.74. The van der Waals surface area contributed by atoms with Gasteiger partial charge in [-0.3, -0.25) is 14.4 Å². The second-order valence-electron chi connectivity index (χ2n) is 5.65. The van der Waals surface area contributed by atoms with E-state index in [-0.39, 0.29) is 18.4 Å². The monoisotopic (exact) mass is 286 g/mol. The molecule has 1 rings (SSSR count). The lowest BCUT2D eigenvalue weighted by Crippen LogP contribution is -2.40. The fraction of sp³-hybridized carbons (Fsp3) is 0.769. The number of nitrogens with one attached hydrogen (secondary N) is 1. The van der Waals surface area contributed by atoms with Crippen LogP contribution in [-0.4, -0.2) is 61.6 Å². The van der Waals surface area contributed by atoms with Crippen molar-refractivity contribution in [1.29, 1.82) is 0 Å². The van der Waals surface area contributed by atoms with Crippen LogP contribution in [0, 0.1) is 17.3 Å². The second-order valence-corrected chi connectivity index (χ2v) is 5.65. The number of aliphatic carboxylic acids is 1. The molecule has 1 saturated carbocycles. The van der Waals surface area contributed by atoms with E-state index in [0.717, 1.165) is 0 Å². The summed E-state index contributed by atoms with van der Waals surface area (Å²) in [6.07, 6.45) is 0. The van der Waals surface area contributed by atoms with Crippen LogP contribution in [0.3, 0.4) is 0 Å². The van der Waals surface area contributed by atoms with E-state index in [1.54, 1.807) is 13.8 Å². The van der Waals surface area contributed by atoms with Crippen LogP contribution in [0.1, 0.15) is 13.8 Å². The van der Waals surface area contributed by atoms with Crippen LogP contribution in [0.5, 0.6) is 0 Å². The first-order valence-electron chi connectivity index (χ1n) is 6.47. The molecule has 2 unspecified atom stereocenters. The van der Waals surface area contributed by atoms with E-state index in [1.807, 2.05) is 0 Å². The molecule has 0 aromatic heterocycles. The summed E-state index contributed by atoms with van der Waals surface area (Å²) in [4.78, 5) is 36.1. The summed E-state index contributed by atoms with van der Waals surface area (Å²) in [5.41, 5.74) is -0.552. The first-order valence-corrected chi connectivity index (χ1v) is 6.47. The van der Waals surface area contributed by atoms with E-state index in [2.05, 4.69) is 5.32 Å². The minimum absolute atomic E-state index is 0.0819. The summed E-state index contributed by atoms with van der Waals surface area (Å²) in [6, 6.07) is 0. The van der Waals surface area contributed by atoms with Gasteiger partial charge in [0.05, 0.1) is 25.0 Å². The zero-order valence-electron chi connectivity index (χ0n) is 12.3. The first kappa shape index (κ1) is 16.4. The summed E-state index contributed by atoms with van der Waals surface area (Å²) in [6.45, 7) is 4.20. The second kappa shape index (κ2) is 6.21. The Labute approximate surface area is 118 Å². The molecule has 114 valence electrons. The number of carbonyl (C=O) groups excluding carboxylic acids is 2. The molecule has 0 bridgehead atoms. The Morgan fingerprint density at radius 2 is 1.90 bits per heavy atom. The van der Waals surface area contributed by atoms with Crippen LogP contribution in [0.4, 0.5) is 0 Å². The van der Waals surface area contributed by atoms with Crippen molar-refractivity contribution in [2.75, 3.05) is 33.9 Å². The van der Waals surface area contributed by atoms with Crippen LogP contribution in [-0.2, 0) is 19.1 Å². The van der Waals surface area contributed by atoms with Crippen LogP contribution in [0.2, 0.25) is 0 Å². The Morgan fingerprint density at radius 1 is 1.30 bits per heavy atom. The maximum atomic E-state index is 12.2. The Kier molecular flexibility index (Phi) is 5.10. The molecule has 0 aromatic rings. The molecule has 0 spiro atoms. The largest absolute Gasteiger partial charge is 0.481 e. The third kappa shape index (κ3) is 3.47. The van der Waals surface area contributed by atoms with E-state index in [9.17, 15) is 14.4 Å². The summed E-state index contributed by atoms with van der Waals surface area (Å²) in [5, 5.41) is 11.7. The molecule has 7 nitrogen and oxygen atoms in total. The van der Waals surface area contributed by atoms with E-state index in [0.29, 0.717) is 13.2 Å². The van der Waals surface area contributed by atoms with E-state index in [4.69, 9.17) is 9.84 Å². The van der Waals surface area contributed by atoms with Gasteiger partial charge in [-0.15, -0.1) is 0 Å². The lowest BCUT2D eigenvalue weighted by atomic mass is 10.1. The summed E-state index contributed by atoms with van der Waals surface area (Å²) in [7, 11) is 3.04. The number of ether oxygens (including phenoxy) is 1. The van der Waals surface area contributed by atoms with Crippen molar-refractivity contribution in [3.8, 4) is 0 Å². The molecular formula is C13H22N2O5. The van der Waals surface area contributed by atoms with Gasteiger partial charge in [-0.1, -0.05) is 13.8 Å². The number of amides is 2. The molecule has 2 atom stereocenters. The van der Waals surface area contributed by atoms with E-state index in [1.165, 1.54) is 19.1 Å². The number of methoxy groups -OCH3 is 1. The van der Waals surface area contributed by atoms with Gasteiger partial charge in [0.2, 0.25) is 11.8 Å². The van der Waals surface area contributed by atoms with Gasteiger partial charge in [-0.2, -0.15) is 0 Å². The topological polar surface area (TPSA) is 95.9 Å². The van der Waals surface area contributed by atoms with Gasteiger partial charge >= 0.3 is 5.97 Å². The van der Waals surface area contributed by atoms with Gasteiger partial charge in [-0.05, 0) is 5.41 Å². The fourth-order valence-corrected chi connectivity index (χ4v) is 2.44. The van der Waals surface area contributed by atoms with Gasteiger partial charge in [0.1, 0.15) is 0 Å². The van der Waals surface area contributed by atoms with Crippen molar-refractivity contribution >= 4 is 17.8 Å². The van der Waals surface area contributed by atoms with Gasteiger partial charge in [0, 0.05) is 20.7 Å². The minimum Gasteiger partial charge on any atom is -0.481 e.